The van der Waals surface area contributed by atoms with Gasteiger partial charge in [-0.3, -0.25) is 14.5 Å². The van der Waals surface area contributed by atoms with Crippen molar-refractivity contribution in [2.24, 2.45) is 11.8 Å². The van der Waals surface area contributed by atoms with Gasteiger partial charge in [0.1, 0.15) is 5.76 Å². The lowest BCUT2D eigenvalue weighted by Gasteiger charge is -2.28. The molecule has 1 aliphatic rings. The average molecular weight is 335 g/mol. The molecule has 0 radical (unpaired) electrons. The van der Waals surface area contributed by atoms with Gasteiger partial charge in [-0.1, -0.05) is 20.8 Å². The summed E-state index contributed by atoms with van der Waals surface area (Å²) in [6, 6.07) is 3.83. The molecule has 1 saturated carbocycles. The number of rotatable bonds is 10. The van der Waals surface area contributed by atoms with Crippen LogP contribution >= 0.6 is 0 Å². The maximum Gasteiger partial charge on any atom is 0.223 e. The van der Waals surface area contributed by atoms with E-state index in [2.05, 4.69) is 36.3 Å². The van der Waals surface area contributed by atoms with Crippen LogP contribution in [0, 0.1) is 11.8 Å². The molecule has 0 aliphatic heterocycles. The topological polar surface area (TPSA) is 74.6 Å². The zero-order valence-corrected chi connectivity index (χ0v) is 14.9. The second-order valence-corrected chi connectivity index (χ2v) is 6.42. The second-order valence-electron chi connectivity index (χ2n) is 6.42. The minimum Gasteiger partial charge on any atom is -0.468 e. The number of nitrogens with one attached hydrogen (secondary N) is 2. The van der Waals surface area contributed by atoms with E-state index in [1.165, 1.54) is 0 Å². The second kappa shape index (κ2) is 8.87. The summed E-state index contributed by atoms with van der Waals surface area (Å²) in [6.07, 6.45) is 2.92. The van der Waals surface area contributed by atoms with Crippen molar-refractivity contribution in [3.8, 4) is 0 Å². The monoisotopic (exact) mass is 335 g/mol. The highest BCUT2D eigenvalue weighted by Crippen LogP contribution is 2.37. The Balaban J connectivity index is 1.74. The smallest absolute Gasteiger partial charge is 0.223 e. The van der Waals surface area contributed by atoms with Crippen molar-refractivity contribution in [3.05, 3.63) is 24.2 Å². The lowest BCUT2D eigenvalue weighted by molar-refractivity contribution is -0.123. The Morgan fingerprint density at radius 3 is 2.58 bits per heavy atom. The molecule has 0 unspecified atom stereocenters. The van der Waals surface area contributed by atoms with Gasteiger partial charge in [-0.05, 0) is 37.6 Å². The third kappa shape index (κ3) is 5.09. The number of hydrogen-bond donors (Lipinski definition) is 2. The van der Waals surface area contributed by atoms with E-state index in [0.717, 1.165) is 25.3 Å². The molecule has 2 N–H and O–H groups in total. The molecule has 0 bridgehead atoms. The SMILES string of the molecule is CCN(CC)[C@H](CNC(=O)CCNC(=O)[C@H]1C[C@H]1C)c1ccco1. The number of likely N-dealkylation sites (N-methyl/N-ethyl adjacent to an activating group) is 1. The van der Waals surface area contributed by atoms with Gasteiger partial charge in [0.25, 0.3) is 0 Å². The minimum atomic E-state index is -0.0529. The fraction of sp³-hybridized carbons (Fsp3) is 0.667. The van der Waals surface area contributed by atoms with Crippen LogP contribution in [0.3, 0.4) is 0 Å². The van der Waals surface area contributed by atoms with Crippen molar-refractivity contribution in [2.45, 2.75) is 39.7 Å². The van der Waals surface area contributed by atoms with Gasteiger partial charge in [-0.2, -0.15) is 0 Å². The van der Waals surface area contributed by atoms with Crippen LogP contribution in [0.4, 0.5) is 0 Å². The summed E-state index contributed by atoms with van der Waals surface area (Å²) in [5.41, 5.74) is 0. The predicted octanol–water partition coefficient (Wildman–Crippen LogP) is 1.94. The largest absolute Gasteiger partial charge is 0.468 e. The molecular weight excluding hydrogens is 306 g/mol. The lowest BCUT2D eigenvalue weighted by atomic mass is 10.2. The molecule has 24 heavy (non-hydrogen) atoms. The van der Waals surface area contributed by atoms with E-state index in [4.69, 9.17) is 4.42 Å². The van der Waals surface area contributed by atoms with Crippen molar-refractivity contribution in [2.75, 3.05) is 26.2 Å². The van der Waals surface area contributed by atoms with Gasteiger partial charge in [-0.25, -0.2) is 0 Å². The lowest BCUT2D eigenvalue weighted by Crippen LogP contribution is -2.39. The van der Waals surface area contributed by atoms with Crippen LogP contribution in [0.25, 0.3) is 0 Å². The van der Waals surface area contributed by atoms with Crippen LogP contribution in [0.15, 0.2) is 22.8 Å². The zero-order chi connectivity index (χ0) is 17.5. The highest BCUT2D eigenvalue weighted by molar-refractivity contribution is 5.82. The molecule has 1 aromatic heterocycles. The standard InChI is InChI=1S/C18H29N3O3/c1-4-21(5-2)15(16-7-6-10-24-16)12-20-17(22)8-9-19-18(23)14-11-13(14)3/h6-7,10,13-15H,4-5,8-9,11-12H2,1-3H3,(H,19,23)(H,20,22)/t13-,14+,15-/m1/s1. The third-order valence-corrected chi connectivity index (χ3v) is 4.71. The zero-order valence-electron chi connectivity index (χ0n) is 14.9. The molecule has 0 spiro atoms. The van der Waals surface area contributed by atoms with Gasteiger partial charge in [-0.15, -0.1) is 0 Å². The van der Waals surface area contributed by atoms with Crippen LogP contribution in [-0.4, -0.2) is 42.9 Å². The first-order valence-electron chi connectivity index (χ1n) is 8.88. The molecule has 0 aromatic carbocycles. The fourth-order valence-corrected chi connectivity index (χ4v) is 2.97. The van der Waals surface area contributed by atoms with E-state index in [1.54, 1.807) is 6.26 Å². The van der Waals surface area contributed by atoms with Crippen molar-refractivity contribution < 1.29 is 14.0 Å². The molecule has 1 aromatic rings. The molecule has 6 nitrogen and oxygen atoms in total. The van der Waals surface area contributed by atoms with Crippen LogP contribution in [0.5, 0.6) is 0 Å². The molecule has 2 amide bonds. The van der Waals surface area contributed by atoms with E-state index < -0.39 is 0 Å². The molecule has 1 aliphatic carbocycles. The van der Waals surface area contributed by atoms with Gasteiger partial charge in [0, 0.05) is 25.4 Å². The molecule has 6 heteroatoms. The van der Waals surface area contributed by atoms with Gasteiger partial charge >= 0.3 is 0 Å². The first-order valence-corrected chi connectivity index (χ1v) is 8.88. The highest BCUT2D eigenvalue weighted by Gasteiger charge is 2.38. The quantitative estimate of drug-likeness (QED) is 0.685. The number of amides is 2. The summed E-state index contributed by atoms with van der Waals surface area (Å²) >= 11 is 0. The predicted molar refractivity (Wildman–Crippen MR) is 92.3 cm³/mol. The molecule has 3 atom stereocenters. The van der Waals surface area contributed by atoms with E-state index in [-0.39, 0.29) is 23.8 Å². The Bertz CT molecular complexity index is 526. The van der Waals surface area contributed by atoms with Crippen LogP contribution in [-0.2, 0) is 9.59 Å². The molecule has 134 valence electrons. The van der Waals surface area contributed by atoms with Crippen LogP contribution in [0.1, 0.15) is 45.4 Å². The molecule has 1 fully saturated rings. The van der Waals surface area contributed by atoms with Crippen molar-refractivity contribution >= 4 is 11.8 Å². The number of furan rings is 1. The fourth-order valence-electron chi connectivity index (χ4n) is 2.97. The molecule has 2 rings (SSSR count). The Morgan fingerprint density at radius 1 is 1.33 bits per heavy atom. The number of carbonyl (C=O) groups is 2. The summed E-state index contributed by atoms with van der Waals surface area (Å²) in [5.74, 6) is 1.52. The van der Waals surface area contributed by atoms with E-state index in [9.17, 15) is 9.59 Å². The highest BCUT2D eigenvalue weighted by atomic mass is 16.3. The van der Waals surface area contributed by atoms with Crippen molar-refractivity contribution in [3.63, 3.8) is 0 Å². The third-order valence-electron chi connectivity index (χ3n) is 4.71. The molecule has 1 heterocycles. The van der Waals surface area contributed by atoms with Gasteiger partial charge in [0.05, 0.1) is 12.3 Å². The summed E-state index contributed by atoms with van der Waals surface area (Å²) in [7, 11) is 0. The van der Waals surface area contributed by atoms with E-state index >= 15 is 0 Å². The van der Waals surface area contributed by atoms with Gasteiger partial charge < -0.3 is 15.1 Å². The Hall–Kier alpha value is -1.82. The van der Waals surface area contributed by atoms with Crippen LogP contribution < -0.4 is 10.6 Å². The van der Waals surface area contributed by atoms with Gasteiger partial charge in [0.2, 0.25) is 11.8 Å². The Kier molecular flexibility index (Phi) is 6.85. The number of hydrogen-bond acceptors (Lipinski definition) is 4. The van der Waals surface area contributed by atoms with Crippen molar-refractivity contribution in [1.29, 1.82) is 0 Å². The summed E-state index contributed by atoms with van der Waals surface area (Å²) in [6.45, 7) is 8.91. The first-order chi connectivity index (χ1) is 11.6. The Morgan fingerprint density at radius 2 is 2.04 bits per heavy atom. The molecule has 0 saturated heterocycles. The number of nitrogens with zero attached hydrogens (tertiary/aromatic N) is 1. The summed E-state index contributed by atoms with van der Waals surface area (Å²) in [5, 5.41) is 5.79. The normalized spacial score (nSPS) is 20.7. The average Bonchev–Trinajstić information content (AvgIpc) is 3.08. The van der Waals surface area contributed by atoms with Gasteiger partial charge in [0.15, 0.2) is 0 Å². The number of carbonyl (C=O) groups excluding carboxylic acids is 2. The summed E-state index contributed by atoms with van der Waals surface area (Å²) < 4.78 is 5.52. The van der Waals surface area contributed by atoms with Crippen molar-refractivity contribution in [1.82, 2.24) is 15.5 Å². The minimum absolute atomic E-state index is 0.0286. The maximum absolute atomic E-state index is 12.0. The van der Waals surface area contributed by atoms with E-state index in [0.29, 0.717) is 25.4 Å². The maximum atomic E-state index is 12.0. The first kappa shape index (κ1) is 18.5. The van der Waals surface area contributed by atoms with E-state index in [1.807, 2.05) is 12.1 Å². The Labute approximate surface area is 144 Å². The summed E-state index contributed by atoms with van der Waals surface area (Å²) in [4.78, 5) is 26.0. The van der Waals surface area contributed by atoms with Crippen LogP contribution in [0.2, 0.25) is 0 Å². The molecular formula is C18H29N3O3.